The van der Waals surface area contributed by atoms with Crippen molar-refractivity contribution in [3.8, 4) is 11.4 Å². The summed E-state index contributed by atoms with van der Waals surface area (Å²) < 4.78 is 8.63. The van der Waals surface area contributed by atoms with Crippen LogP contribution in [0.2, 0.25) is 0 Å². The number of hydrazone groups is 1. The molecule has 3 aromatic rings. The van der Waals surface area contributed by atoms with Crippen LogP contribution in [0.15, 0.2) is 77.0 Å². The molecule has 13 heteroatoms. The smallest absolute Gasteiger partial charge is 0.337 e. The fourth-order valence-electron chi connectivity index (χ4n) is 2.90. The van der Waals surface area contributed by atoms with Gasteiger partial charge in [-0.05, 0) is 48.2 Å². The third kappa shape index (κ3) is 5.96. The minimum absolute atomic E-state index is 0.0632. The van der Waals surface area contributed by atoms with Crippen LogP contribution in [0.3, 0.4) is 0 Å². The molecule has 2 heterocycles. The Balaban J connectivity index is 1.38. The molecule has 0 saturated carbocycles. The number of amides is 3. The van der Waals surface area contributed by atoms with Gasteiger partial charge in [0.05, 0.1) is 11.1 Å². The molecule has 0 aliphatic carbocycles. The number of hydrogen-bond acceptors (Lipinski definition) is 9. The first-order valence-electron chi connectivity index (χ1n) is 9.98. The van der Waals surface area contributed by atoms with E-state index in [0.29, 0.717) is 22.1 Å². The van der Waals surface area contributed by atoms with Gasteiger partial charge in [-0.1, -0.05) is 30.3 Å². The van der Waals surface area contributed by atoms with E-state index in [2.05, 4.69) is 15.6 Å². The van der Waals surface area contributed by atoms with Crippen LogP contribution in [0.5, 0.6) is 5.75 Å². The lowest BCUT2D eigenvalue weighted by molar-refractivity contribution is -0.129. The highest BCUT2D eigenvalue weighted by atomic mass is 32.2. The van der Waals surface area contributed by atoms with Gasteiger partial charge in [0, 0.05) is 17.3 Å². The first-order chi connectivity index (χ1) is 16.9. The summed E-state index contributed by atoms with van der Waals surface area (Å²) in [7, 11) is 0. The maximum absolute atomic E-state index is 12.3. The summed E-state index contributed by atoms with van der Waals surface area (Å²) in [5.74, 6) is -1.83. The number of benzene rings is 2. The number of ether oxygens (including phenoxy) is 1. The van der Waals surface area contributed by atoms with Gasteiger partial charge in [0.25, 0.3) is 17.1 Å². The lowest BCUT2D eigenvalue weighted by atomic mass is 10.2. The van der Waals surface area contributed by atoms with E-state index in [9.17, 15) is 19.2 Å². The van der Waals surface area contributed by atoms with E-state index in [-0.39, 0.29) is 17.2 Å². The number of carbonyl (C=O) groups is 4. The number of aromatic nitrogens is 3. The highest BCUT2D eigenvalue weighted by Gasteiger charge is 2.26. The largest absolute Gasteiger partial charge is 0.423 e. The molecular weight excluding hydrogens is 492 g/mol. The molecule has 1 saturated heterocycles. The van der Waals surface area contributed by atoms with Crippen LogP contribution in [-0.2, 0) is 20.9 Å². The fraction of sp³-hybridized carbons (Fsp3) is 0.0455. The number of thioether (sulfide) groups is 1. The van der Waals surface area contributed by atoms with Gasteiger partial charge in [0.1, 0.15) is 18.6 Å². The quantitative estimate of drug-likeness (QED) is 0.124. The molecule has 176 valence electrons. The topological polar surface area (TPSA) is 137 Å². The molecule has 0 radical (unpaired) electrons. The van der Waals surface area contributed by atoms with E-state index in [1.54, 1.807) is 22.8 Å². The van der Waals surface area contributed by atoms with E-state index in [1.165, 1.54) is 23.3 Å². The first kappa shape index (κ1) is 23.8. The van der Waals surface area contributed by atoms with Crippen LogP contribution >= 0.6 is 24.0 Å². The second-order valence-corrected chi connectivity index (χ2v) is 8.26. The summed E-state index contributed by atoms with van der Waals surface area (Å²) in [4.78, 5) is 47.2. The predicted molar refractivity (Wildman–Crippen MR) is 129 cm³/mol. The molecule has 0 bridgehead atoms. The number of carbonyl (C=O) groups excluding carboxylic acids is 4. The normalized spacial score (nSPS) is 14.3. The monoisotopic (exact) mass is 508 g/mol. The number of esters is 1. The molecule has 0 atom stereocenters. The van der Waals surface area contributed by atoms with Gasteiger partial charge in [-0.3, -0.25) is 24.3 Å². The van der Waals surface area contributed by atoms with Crippen LogP contribution in [0.25, 0.3) is 5.69 Å². The summed E-state index contributed by atoms with van der Waals surface area (Å²) in [6.45, 7) is -0.154. The van der Waals surface area contributed by atoms with Gasteiger partial charge in [-0.25, -0.2) is 14.9 Å². The number of nitrogens with one attached hydrogen (secondary N) is 2. The van der Waals surface area contributed by atoms with Crippen LogP contribution in [0, 0.1) is 4.77 Å². The zero-order chi connectivity index (χ0) is 24.8. The lowest BCUT2D eigenvalue weighted by Crippen LogP contribution is -2.24. The Kier molecular flexibility index (Phi) is 7.28. The second kappa shape index (κ2) is 10.7. The van der Waals surface area contributed by atoms with E-state index < -0.39 is 23.0 Å². The summed E-state index contributed by atoms with van der Waals surface area (Å²) in [6, 6.07) is 15.8. The Morgan fingerprint density at radius 3 is 2.63 bits per heavy atom. The average Bonchev–Trinajstić information content (AvgIpc) is 3.35. The van der Waals surface area contributed by atoms with E-state index >= 15 is 0 Å². The molecule has 3 amide bonds. The average molecular weight is 509 g/mol. The first-order valence-corrected chi connectivity index (χ1v) is 11.2. The van der Waals surface area contributed by atoms with Crippen molar-refractivity contribution in [2.75, 3.05) is 0 Å². The number of rotatable bonds is 7. The van der Waals surface area contributed by atoms with E-state index in [0.717, 1.165) is 11.8 Å². The molecule has 2 aromatic carbocycles. The molecular formula is C22H16N6O5S2. The molecule has 0 spiro atoms. The van der Waals surface area contributed by atoms with Gasteiger partial charge in [-0.2, -0.15) is 10.2 Å². The number of imide groups is 1. The Bertz CT molecular complexity index is 1430. The molecule has 2 N–H and O–H groups in total. The van der Waals surface area contributed by atoms with E-state index in [4.69, 9.17) is 17.0 Å². The van der Waals surface area contributed by atoms with Gasteiger partial charge in [0.2, 0.25) is 4.77 Å². The van der Waals surface area contributed by atoms with E-state index in [1.807, 2.05) is 35.6 Å². The van der Waals surface area contributed by atoms with Gasteiger partial charge in [-0.15, -0.1) is 0 Å². The zero-order valence-corrected chi connectivity index (χ0v) is 19.4. The summed E-state index contributed by atoms with van der Waals surface area (Å²) in [5, 5.41) is 9.53. The van der Waals surface area contributed by atoms with Crippen molar-refractivity contribution in [2.45, 2.75) is 6.54 Å². The number of para-hydroxylation sites is 2. The second-order valence-electron chi connectivity index (χ2n) is 6.88. The molecule has 35 heavy (non-hydrogen) atoms. The molecule has 1 aliphatic heterocycles. The van der Waals surface area contributed by atoms with Crippen molar-refractivity contribution >= 4 is 53.2 Å². The summed E-state index contributed by atoms with van der Waals surface area (Å²) >= 11 is 5.99. The number of nitrogens with zero attached hydrogens (tertiary/aromatic N) is 4. The molecule has 11 nitrogen and oxygen atoms in total. The highest BCUT2D eigenvalue weighted by Crippen LogP contribution is 2.23. The Labute approximate surface area is 207 Å². The van der Waals surface area contributed by atoms with Crippen molar-refractivity contribution < 1.29 is 23.9 Å². The Hall–Kier alpha value is -4.36. The Morgan fingerprint density at radius 1 is 1.14 bits per heavy atom. The highest BCUT2D eigenvalue weighted by molar-refractivity contribution is 8.18. The van der Waals surface area contributed by atoms with Crippen molar-refractivity contribution in [3.05, 3.63) is 82.2 Å². The summed E-state index contributed by atoms with van der Waals surface area (Å²) in [6.07, 6.45) is 3.76. The maximum atomic E-state index is 12.3. The van der Waals surface area contributed by atoms with Crippen LogP contribution in [-0.4, -0.2) is 43.6 Å². The molecule has 1 fully saturated rings. The predicted octanol–water partition coefficient (Wildman–Crippen LogP) is 2.33. The van der Waals surface area contributed by atoms with Crippen LogP contribution < -0.4 is 15.5 Å². The van der Waals surface area contributed by atoms with Gasteiger partial charge in [0.15, 0.2) is 0 Å². The van der Waals surface area contributed by atoms with Crippen LogP contribution in [0.1, 0.15) is 5.56 Å². The SMILES string of the molecule is O=C(Cn1ncn(-c2ccccc2)c1=S)N/N=C/c1ccccc1OC(=O)/C=C1/SC(=O)NC1=O. The fourth-order valence-corrected chi connectivity index (χ4v) is 3.81. The molecule has 4 rings (SSSR count). The maximum Gasteiger partial charge on any atom is 0.337 e. The van der Waals surface area contributed by atoms with Crippen molar-refractivity contribution in [1.82, 2.24) is 25.1 Å². The third-order valence-electron chi connectivity index (χ3n) is 4.47. The standard InChI is InChI=1S/C22H16N6O5S2/c29-18(12-28-22(34)27(13-24-28)15-7-2-1-3-8-15)26-23-11-14-6-4-5-9-16(14)33-19(30)10-17-20(31)25-21(32)35-17/h1-11,13H,12H2,(H,26,29)(H,25,31,32)/b17-10+,23-11+. The minimum Gasteiger partial charge on any atom is -0.423 e. The number of hydrogen-bond donors (Lipinski definition) is 2. The summed E-state index contributed by atoms with van der Waals surface area (Å²) in [5.41, 5.74) is 3.59. The van der Waals surface area contributed by atoms with Crippen LogP contribution in [0.4, 0.5) is 4.79 Å². The van der Waals surface area contributed by atoms with Crippen molar-refractivity contribution in [2.24, 2.45) is 5.10 Å². The minimum atomic E-state index is -0.842. The molecule has 1 aliphatic rings. The Morgan fingerprint density at radius 2 is 1.89 bits per heavy atom. The van der Waals surface area contributed by atoms with Crippen molar-refractivity contribution in [3.63, 3.8) is 0 Å². The third-order valence-corrected chi connectivity index (χ3v) is 5.69. The molecule has 1 aromatic heterocycles. The lowest BCUT2D eigenvalue weighted by Gasteiger charge is -2.05. The van der Waals surface area contributed by atoms with Gasteiger partial charge >= 0.3 is 5.97 Å². The molecule has 0 unspecified atom stereocenters. The van der Waals surface area contributed by atoms with Crippen molar-refractivity contribution in [1.29, 1.82) is 0 Å². The zero-order valence-electron chi connectivity index (χ0n) is 17.8. The van der Waals surface area contributed by atoms with Gasteiger partial charge < -0.3 is 4.74 Å².